The Morgan fingerprint density at radius 2 is 2.09 bits per heavy atom. The summed E-state index contributed by atoms with van der Waals surface area (Å²) in [4.78, 5) is 21.2. The van der Waals surface area contributed by atoms with E-state index in [2.05, 4.69) is 27.5 Å². The predicted octanol–water partition coefficient (Wildman–Crippen LogP) is 1.75. The van der Waals surface area contributed by atoms with Crippen molar-refractivity contribution in [2.75, 3.05) is 11.9 Å². The number of furan rings is 1. The van der Waals surface area contributed by atoms with Gasteiger partial charge in [0.25, 0.3) is 5.91 Å². The fourth-order valence-corrected chi connectivity index (χ4v) is 2.79. The molecule has 2 heterocycles. The Morgan fingerprint density at radius 1 is 1.35 bits per heavy atom. The van der Waals surface area contributed by atoms with E-state index in [0.717, 1.165) is 25.7 Å². The second-order valence-electron chi connectivity index (χ2n) is 7.01. The largest absolute Gasteiger partial charge is 0.442 e. The zero-order valence-corrected chi connectivity index (χ0v) is 13.3. The molecule has 2 aromatic heterocycles. The van der Waals surface area contributed by atoms with Crippen LogP contribution < -0.4 is 10.6 Å². The number of nitrogens with zero attached hydrogens (tertiary/aromatic N) is 2. The van der Waals surface area contributed by atoms with E-state index >= 15 is 0 Å². The number of fused-ring (bicyclic) bond motifs is 1. The fourth-order valence-electron chi connectivity index (χ4n) is 2.79. The summed E-state index contributed by atoms with van der Waals surface area (Å²) >= 11 is 0. The molecule has 2 saturated carbocycles. The molecule has 0 atom stereocenters. The lowest BCUT2D eigenvalue weighted by Crippen LogP contribution is -2.39. The minimum Gasteiger partial charge on any atom is -0.442 e. The lowest BCUT2D eigenvalue weighted by Gasteiger charge is -2.15. The molecule has 0 aliphatic heterocycles. The van der Waals surface area contributed by atoms with Crippen molar-refractivity contribution in [2.24, 2.45) is 0 Å². The average Bonchev–Trinajstić information content (AvgIpc) is 3.40. The van der Waals surface area contributed by atoms with E-state index in [-0.39, 0.29) is 18.1 Å². The monoisotopic (exact) mass is 316 g/mol. The number of amides is 1. The summed E-state index contributed by atoms with van der Waals surface area (Å²) in [6.07, 6.45) is 5.18. The average molecular weight is 316 g/mol. The highest BCUT2D eigenvalue weighted by Gasteiger charge is 2.44. The molecule has 3 N–H and O–H groups in total. The van der Waals surface area contributed by atoms with Crippen molar-refractivity contribution in [3.05, 3.63) is 17.7 Å². The van der Waals surface area contributed by atoms with Gasteiger partial charge in [0.15, 0.2) is 0 Å². The molecule has 0 bridgehead atoms. The Hall–Kier alpha value is -2.15. The van der Waals surface area contributed by atoms with Crippen LogP contribution in [-0.4, -0.2) is 38.7 Å². The Kier molecular flexibility index (Phi) is 2.93. The van der Waals surface area contributed by atoms with E-state index in [9.17, 15) is 9.90 Å². The first kappa shape index (κ1) is 14.4. The predicted molar refractivity (Wildman–Crippen MR) is 84.3 cm³/mol. The highest BCUT2D eigenvalue weighted by atomic mass is 16.3. The second kappa shape index (κ2) is 4.67. The number of carbonyl (C=O) groups is 1. The number of hydrogen-bond acceptors (Lipinski definition) is 6. The van der Waals surface area contributed by atoms with Gasteiger partial charge in [-0.15, -0.1) is 0 Å². The number of aryl methyl sites for hydroxylation is 1. The van der Waals surface area contributed by atoms with Crippen molar-refractivity contribution in [2.45, 2.75) is 50.6 Å². The lowest BCUT2D eigenvalue weighted by molar-refractivity contribution is 0.0906. The quantitative estimate of drug-likeness (QED) is 0.777. The molecule has 7 nitrogen and oxygen atoms in total. The molecular weight excluding hydrogens is 296 g/mol. The van der Waals surface area contributed by atoms with Gasteiger partial charge in [-0.1, -0.05) is 0 Å². The zero-order chi connectivity index (χ0) is 16.2. The zero-order valence-electron chi connectivity index (χ0n) is 13.3. The number of carbonyl (C=O) groups excluding carboxylic acids is 1. The fraction of sp³-hybridized carbons (Fsp3) is 0.562. The van der Waals surface area contributed by atoms with E-state index in [4.69, 9.17) is 4.42 Å². The van der Waals surface area contributed by atoms with Crippen LogP contribution >= 0.6 is 0 Å². The van der Waals surface area contributed by atoms with E-state index in [1.54, 1.807) is 6.92 Å². The summed E-state index contributed by atoms with van der Waals surface area (Å²) in [5.74, 6) is 0.896. The Balaban J connectivity index is 1.75. The summed E-state index contributed by atoms with van der Waals surface area (Å²) in [6.45, 7) is 3.82. The highest BCUT2D eigenvalue weighted by Crippen LogP contribution is 2.41. The van der Waals surface area contributed by atoms with E-state index < -0.39 is 5.54 Å². The Morgan fingerprint density at radius 3 is 2.70 bits per heavy atom. The maximum atomic E-state index is 12.7. The van der Waals surface area contributed by atoms with E-state index in [1.165, 1.54) is 6.33 Å². The molecule has 2 aromatic rings. The van der Waals surface area contributed by atoms with Crippen LogP contribution in [0.5, 0.6) is 0 Å². The van der Waals surface area contributed by atoms with Crippen LogP contribution in [-0.2, 0) is 0 Å². The first-order valence-corrected chi connectivity index (χ1v) is 7.91. The SMILES string of the molecule is Cc1oc2ncnc(NC3(C)CC3)c2c1C(=O)NC1(CO)CC1. The molecule has 122 valence electrons. The number of nitrogens with one attached hydrogen (secondary N) is 2. The summed E-state index contributed by atoms with van der Waals surface area (Å²) < 4.78 is 5.65. The van der Waals surface area contributed by atoms with Gasteiger partial charge in [-0.3, -0.25) is 4.79 Å². The van der Waals surface area contributed by atoms with Gasteiger partial charge in [-0.25, -0.2) is 9.97 Å². The van der Waals surface area contributed by atoms with E-state index in [0.29, 0.717) is 28.2 Å². The Labute approximate surface area is 133 Å². The summed E-state index contributed by atoms with van der Waals surface area (Å²) in [7, 11) is 0. The van der Waals surface area contributed by atoms with Crippen molar-refractivity contribution < 1.29 is 14.3 Å². The number of aromatic nitrogens is 2. The minimum absolute atomic E-state index is 0.0308. The summed E-state index contributed by atoms with van der Waals surface area (Å²) in [5, 5.41) is 16.4. The molecule has 2 aliphatic carbocycles. The van der Waals surface area contributed by atoms with Crippen LogP contribution in [0.15, 0.2) is 10.7 Å². The second-order valence-corrected chi connectivity index (χ2v) is 7.01. The Bertz CT molecular complexity index is 790. The van der Waals surface area contributed by atoms with Crippen molar-refractivity contribution in [3.63, 3.8) is 0 Å². The van der Waals surface area contributed by atoms with Gasteiger partial charge in [0, 0.05) is 5.54 Å². The minimum atomic E-state index is -0.473. The van der Waals surface area contributed by atoms with Crippen LogP contribution in [0.1, 0.15) is 48.7 Å². The number of aliphatic hydroxyl groups excluding tert-OH is 1. The molecule has 0 aromatic carbocycles. The van der Waals surface area contributed by atoms with Gasteiger partial charge in [0.05, 0.1) is 23.1 Å². The van der Waals surface area contributed by atoms with Gasteiger partial charge < -0.3 is 20.2 Å². The van der Waals surface area contributed by atoms with Gasteiger partial charge in [0.1, 0.15) is 17.9 Å². The van der Waals surface area contributed by atoms with Crippen molar-refractivity contribution in [3.8, 4) is 0 Å². The number of hydrogen-bond donors (Lipinski definition) is 3. The summed E-state index contributed by atoms with van der Waals surface area (Å²) in [5.41, 5.74) is 0.414. The van der Waals surface area contributed by atoms with E-state index in [1.807, 2.05) is 0 Å². The van der Waals surface area contributed by atoms with Crippen LogP contribution in [0, 0.1) is 6.92 Å². The normalized spacial score (nSPS) is 20.3. The van der Waals surface area contributed by atoms with Crippen LogP contribution in [0.2, 0.25) is 0 Å². The van der Waals surface area contributed by atoms with Crippen molar-refractivity contribution in [1.29, 1.82) is 0 Å². The third-order valence-corrected chi connectivity index (χ3v) is 4.85. The standard InChI is InChI=1S/C16H20N4O3/c1-9-10(13(22)20-16(7-21)5-6-16)11-12(19-15(2)3-4-15)17-8-18-14(11)23-9/h8,21H,3-7H2,1-2H3,(H,20,22)(H,17,18,19). The van der Waals surface area contributed by atoms with Crippen LogP contribution in [0.3, 0.4) is 0 Å². The molecule has 2 fully saturated rings. The van der Waals surface area contributed by atoms with Gasteiger partial charge >= 0.3 is 0 Å². The highest BCUT2D eigenvalue weighted by molar-refractivity contribution is 6.10. The molecule has 0 radical (unpaired) electrons. The van der Waals surface area contributed by atoms with Crippen molar-refractivity contribution >= 4 is 22.8 Å². The molecular formula is C16H20N4O3. The van der Waals surface area contributed by atoms with Gasteiger partial charge in [-0.2, -0.15) is 0 Å². The third kappa shape index (κ3) is 2.45. The molecule has 23 heavy (non-hydrogen) atoms. The van der Waals surface area contributed by atoms with Crippen LogP contribution in [0.4, 0.5) is 5.82 Å². The lowest BCUT2D eigenvalue weighted by atomic mass is 10.1. The molecule has 0 unspecified atom stereocenters. The van der Waals surface area contributed by atoms with Gasteiger partial charge in [0.2, 0.25) is 5.71 Å². The first-order chi connectivity index (χ1) is 11.0. The smallest absolute Gasteiger partial charge is 0.256 e. The van der Waals surface area contributed by atoms with Gasteiger partial charge in [-0.05, 0) is 39.5 Å². The summed E-state index contributed by atoms with van der Waals surface area (Å²) in [6, 6.07) is 0. The third-order valence-electron chi connectivity index (χ3n) is 4.85. The number of anilines is 1. The molecule has 1 amide bonds. The van der Waals surface area contributed by atoms with Crippen molar-refractivity contribution in [1.82, 2.24) is 15.3 Å². The number of aliphatic hydroxyl groups is 1. The molecule has 2 aliphatic rings. The topological polar surface area (TPSA) is 100 Å². The number of rotatable bonds is 5. The molecule has 4 rings (SSSR count). The maximum Gasteiger partial charge on any atom is 0.256 e. The maximum absolute atomic E-state index is 12.7. The molecule has 0 spiro atoms. The molecule has 7 heteroatoms. The van der Waals surface area contributed by atoms with Crippen LogP contribution in [0.25, 0.3) is 11.1 Å². The molecule has 0 saturated heterocycles. The first-order valence-electron chi connectivity index (χ1n) is 7.91.